The smallest absolute Gasteiger partial charge is 0.203 e. The van der Waals surface area contributed by atoms with Gasteiger partial charge < -0.3 is 4.74 Å². The van der Waals surface area contributed by atoms with E-state index in [0.717, 1.165) is 38.6 Å². The summed E-state index contributed by atoms with van der Waals surface area (Å²) in [5.74, 6) is 0.837. The van der Waals surface area contributed by atoms with Gasteiger partial charge in [0, 0.05) is 16.0 Å². The molecule has 0 atom stereocenters. The summed E-state index contributed by atoms with van der Waals surface area (Å²) in [6, 6.07) is 13.5. The molecule has 26 heavy (non-hydrogen) atoms. The Bertz CT molecular complexity index is 896. The number of nitrogens with one attached hydrogen (secondary N) is 1. The van der Waals surface area contributed by atoms with Crippen LogP contribution in [-0.2, 0) is 0 Å². The summed E-state index contributed by atoms with van der Waals surface area (Å²) in [7, 11) is 0. The zero-order chi connectivity index (χ0) is 18.4. The number of ether oxygens (including phenoxy) is 1. The number of aromatic nitrogens is 1. The van der Waals surface area contributed by atoms with E-state index in [1.165, 1.54) is 11.3 Å². The Hall–Kier alpha value is -1.89. The Labute approximate surface area is 170 Å². The minimum absolute atomic E-state index is 0.702. The first-order chi connectivity index (χ1) is 12.7. The Balaban J connectivity index is 1.62. The monoisotopic (exact) mass is 449 g/mol. The Morgan fingerprint density at radius 1 is 1.27 bits per heavy atom. The first-order valence-electron chi connectivity index (χ1n) is 8.08. The number of thiazole rings is 1. The number of nitrogens with zero attached hydrogens (tertiary/aromatic N) is 2. The zero-order valence-electron chi connectivity index (χ0n) is 14.1. The van der Waals surface area contributed by atoms with E-state index < -0.39 is 0 Å². The lowest BCUT2D eigenvalue weighted by molar-refractivity contribution is 0.315. The third kappa shape index (κ3) is 5.06. The number of rotatable bonds is 7. The van der Waals surface area contributed by atoms with Crippen LogP contribution >= 0.6 is 38.9 Å². The molecule has 0 unspecified atom stereocenters. The van der Waals surface area contributed by atoms with Gasteiger partial charge in [-0.3, -0.25) is 5.43 Å². The highest BCUT2D eigenvalue weighted by Crippen LogP contribution is 2.27. The normalized spacial score (nSPS) is 11.0. The molecule has 2 aromatic carbocycles. The van der Waals surface area contributed by atoms with Gasteiger partial charge >= 0.3 is 0 Å². The summed E-state index contributed by atoms with van der Waals surface area (Å²) >= 11 is 10.9. The average Bonchev–Trinajstić information content (AvgIpc) is 3.10. The summed E-state index contributed by atoms with van der Waals surface area (Å²) in [4.78, 5) is 4.53. The van der Waals surface area contributed by atoms with E-state index in [4.69, 9.17) is 16.3 Å². The first-order valence-corrected chi connectivity index (χ1v) is 10.1. The number of anilines is 1. The number of hydrogen-bond acceptors (Lipinski definition) is 5. The van der Waals surface area contributed by atoms with Crippen molar-refractivity contribution in [2.24, 2.45) is 5.10 Å². The van der Waals surface area contributed by atoms with Crippen LogP contribution in [0.5, 0.6) is 5.75 Å². The molecule has 0 bridgehead atoms. The lowest BCUT2D eigenvalue weighted by Crippen LogP contribution is -1.96. The highest BCUT2D eigenvalue weighted by molar-refractivity contribution is 9.10. The van der Waals surface area contributed by atoms with Gasteiger partial charge in [0.05, 0.1) is 23.0 Å². The topological polar surface area (TPSA) is 46.5 Å². The van der Waals surface area contributed by atoms with E-state index in [9.17, 15) is 0 Å². The molecule has 0 aliphatic heterocycles. The Morgan fingerprint density at radius 3 is 2.81 bits per heavy atom. The van der Waals surface area contributed by atoms with Gasteiger partial charge in [-0.2, -0.15) is 5.10 Å². The molecule has 7 heteroatoms. The zero-order valence-corrected chi connectivity index (χ0v) is 17.2. The second kappa shape index (κ2) is 9.16. The molecule has 0 aliphatic rings. The van der Waals surface area contributed by atoms with E-state index in [1.54, 1.807) is 6.21 Å². The Morgan fingerprint density at radius 2 is 2.08 bits per heavy atom. The van der Waals surface area contributed by atoms with Gasteiger partial charge in [-0.05, 0) is 58.2 Å². The van der Waals surface area contributed by atoms with Crippen LogP contribution < -0.4 is 10.2 Å². The predicted octanol–water partition coefficient (Wildman–Crippen LogP) is 6.46. The van der Waals surface area contributed by atoms with E-state index >= 15 is 0 Å². The van der Waals surface area contributed by atoms with Gasteiger partial charge in [-0.1, -0.05) is 30.7 Å². The molecule has 0 saturated heterocycles. The molecule has 4 nitrogen and oxygen atoms in total. The van der Waals surface area contributed by atoms with Crippen LogP contribution in [0.2, 0.25) is 5.02 Å². The number of halogens is 2. The maximum absolute atomic E-state index is 5.92. The molecule has 1 heterocycles. The highest BCUT2D eigenvalue weighted by Gasteiger charge is 2.04. The third-order valence-corrected chi connectivity index (χ3v) is 5.05. The molecular weight excluding hydrogens is 434 g/mol. The highest BCUT2D eigenvalue weighted by atomic mass is 79.9. The molecule has 3 aromatic rings. The molecule has 1 aromatic heterocycles. The van der Waals surface area contributed by atoms with Crippen molar-refractivity contribution < 1.29 is 4.74 Å². The summed E-state index contributed by atoms with van der Waals surface area (Å²) in [5.41, 5.74) is 5.84. The van der Waals surface area contributed by atoms with Gasteiger partial charge in [0.1, 0.15) is 5.75 Å². The predicted molar refractivity (Wildman–Crippen MR) is 114 cm³/mol. The van der Waals surface area contributed by atoms with Crippen LogP contribution in [0, 0.1) is 0 Å². The fourth-order valence-corrected chi connectivity index (χ4v) is 3.47. The van der Waals surface area contributed by atoms with E-state index in [0.29, 0.717) is 11.6 Å². The minimum Gasteiger partial charge on any atom is -0.492 e. The van der Waals surface area contributed by atoms with E-state index in [-0.39, 0.29) is 0 Å². The van der Waals surface area contributed by atoms with Crippen molar-refractivity contribution in [2.45, 2.75) is 13.3 Å². The van der Waals surface area contributed by atoms with Crippen molar-refractivity contribution in [1.82, 2.24) is 4.98 Å². The molecule has 0 fully saturated rings. The summed E-state index contributed by atoms with van der Waals surface area (Å²) in [6.07, 6.45) is 2.73. The van der Waals surface area contributed by atoms with Crippen LogP contribution in [0.15, 0.2) is 57.4 Å². The molecular formula is C19H17BrClN3OS. The van der Waals surface area contributed by atoms with Crippen LogP contribution in [0.3, 0.4) is 0 Å². The molecule has 1 N–H and O–H groups in total. The summed E-state index contributed by atoms with van der Waals surface area (Å²) in [6.45, 7) is 2.78. The second-order valence-corrected chi connectivity index (χ2v) is 7.60. The van der Waals surface area contributed by atoms with Crippen LogP contribution in [0.25, 0.3) is 11.3 Å². The maximum Gasteiger partial charge on any atom is 0.203 e. The maximum atomic E-state index is 5.92. The van der Waals surface area contributed by atoms with Gasteiger partial charge in [-0.25, -0.2) is 4.98 Å². The number of benzene rings is 2. The Kier molecular flexibility index (Phi) is 6.66. The molecule has 3 rings (SSSR count). The second-order valence-electron chi connectivity index (χ2n) is 5.45. The third-order valence-electron chi connectivity index (χ3n) is 3.44. The molecule has 0 saturated carbocycles. The fraction of sp³-hybridized carbons (Fsp3) is 0.158. The summed E-state index contributed by atoms with van der Waals surface area (Å²) in [5, 5.41) is 7.68. The van der Waals surface area contributed by atoms with Crippen molar-refractivity contribution in [3.05, 3.63) is 62.9 Å². The van der Waals surface area contributed by atoms with Crippen LogP contribution in [0.1, 0.15) is 18.9 Å². The van der Waals surface area contributed by atoms with Gasteiger partial charge in [-0.15, -0.1) is 11.3 Å². The lowest BCUT2D eigenvalue weighted by atomic mass is 10.2. The van der Waals surface area contributed by atoms with Gasteiger partial charge in [0.15, 0.2) is 0 Å². The van der Waals surface area contributed by atoms with Gasteiger partial charge in [0.25, 0.3) is 0 Å². The van der Waals surface area contributed by atoms with Crippen LogP contribution in [0.4, 0.5) is 5.13 Å². The molecule has 0 spiro atoms. The van der Waals surface area contributed by atoms with E-state index in [1.807, 2.05) is 47.8 Å². The standard InChI is InChI=1S/C19H17BrClN3OS/c1-2-9-25-18-8-3-13(10-16(18)20)11-22-24-19-23-17(12-26-19)14-4-6-15(21)7-5-14/h3-8,10-12H,2,9H2,1H3,(H,23,24)/b22-11-. The van der Waals surface area contributed by atoms with Crippen LogP contribution in [-0.4, -0.2) is 17.8 Å². The van der Waals surface area contributed by atoms with Crippen molar-refractivity contribution in [3.63, 3.8) is 0 Å². The van der Waals surface area contributed by atoms with Crippen molar-refractivity contribution in [2.75, 3.05) is 12.0 Å². The van der Waals surface area contributed by atoms with Crippen molar-refractivity contribution in [3.8, 4) is 17.0 Å². The number of hydrogen-bond donors (Lipinski definition) is 1. The lowest BCUT2D eigenvalue weighted by Gasteiger charge is -2.07. The SMILES string of the molecule is CCCOc1ccc(/C=N\Nc2nc(-c3ccc(Cl)cc3)cs2)cc1Br. The first kappa shape index (κ1) is 18.9. The fourth-order valence-electron chi connectivity index (χ4n) is 2.17. The van der Waals surface area contributed by atoms with Crippen molar-refractivity contribution in [1.29, 1.82) is 0 Å². The molecule has 134 valence electrons. The average molecular weight is 451 g/mol. The molecule has 0 amide bonds. The molecule has 0 aliphatic carbocycles. The quantitative estimate of drug-likeness (QED) is 0.332. The van der Waals surface area contributed by atoms with Gasteiger partial charge in [0.2, 0.25) is 5.13 Å². The molecule has 0 radical (unpaired) electrons. The summed E-state index contributed by atoms with van der Waals surface area (Å²) < 4.78 is 6.55. The van der Waals surface area contributed by atoms with E-state index in [2.05, 4.69) is 38.4 Å². The largest absolute Gasteiger partial charge is 0.492 e. The number of hydrazone groups is 1. The van der Waals surface area contributed by atoms with Crippen molar-refractivity contribution >= 4 is 50.2 Å². The minimum atomic E-state index is 0.702.